The van der Waals surface area contributed by atoms with Crippen molar-refractivity contribution in [1.82, 2.24) is 14.8 Å². The predicted molar refractivity (Wildman–Crippen MR) is 135 cm³/mol. The van der Waals surface area contributed by atoms with E-state index in [1.165, 1.54) is 10.9 Å². The number of rotatable bonds is 5. The van der Waals surface area contributed by atoms with Gasteiger partial charge in [0.25, 0.3) is 5.91 Å². The Morgan fingerprint density at radius 2 is 1.89 bits per heavy atom. The van der Waals surface area contributed by atoms with Crippen molar-refractivity contribution in [3.63, 3.8) is 0 Å². The second-order valence-electron chi connectivity index (χ2n) is 7.96. The molecule has 0 aliphatic carbocycles. The zero-order valence-corrected chi connectivity index (χ0v) is 19.1. The molecule has 0 saturated heterocycles. The summed E-state index contributed by atoms with van der Waals surface area (Å²) >= 11 is 0. The van der Waals surface area contributed by atoms with Gasteiger partial charge in [-0.05, 0) is 48.2 Å². The van der Waals surface area contributed by atoms with Gasteiger partial charge in [0, 0.05) is 17.3 Å². The lowest BCUT2D eigenvalue weighted by molar-refractivity contribution is 0.102. The molecule has 5 rings (SSSR count). The summed E-state index contributed by atoms with van der Waals surface area (Å²) in [6, 6.07) is 23.5. The third kappa shape index (κ3) is 4.26. The molecule has 0 unspecified atom stereocenters. The summed E-state index contributed by atoms with van der Waals surface area (Å²) in [7, 11) is 0. The second-order valence-corrected chi connectivity index (χ2v) is 7.96. The monoisotopic (exact) mass is 473 g/mol. The number of nitrogens with one attached hydrogen (secondary N) is 1. The maximum Gasteiger partial charge on any atom is 0.259 e. The molecule has 0 atom stereocenters. The van der Waals surface area contributed by atoms with Crippen LogP contribution >= 0.6 is 0 Å². The lowest BCUT2D eigenvalue weighted by atomic mass is 10.0. The van der Waals surface area contributed by atoms with Gasteiger partial charge in [-0.1, -0.05) is 42.5 Å². The van der Waals surface area contributed by atoms with E-state index >= 15 is 0 Å². The van der Waals surface area contributed by atoms with E-state index in [1.807, 2.05) is 43.3 Å². The van der Waals surface area contributed by atoms with E-state index < -0.39 is 5.91 Å². The average molecular weight is 473 g/mol. The van der Waals surface area contributed by atoms with Gasteiger partial charge < -0.3 is 10.4 Å². The molecule has 9 heteroatoms. The van der Waals surface area contributed by atoms with Crippen LogP contribution in [0.1, 0.15) is 21.5 Å². The maximum atomic E-state index is 13.1. The summed E-state index contributed by atoms with van der Waals surface area (Å²) in [5.74, 6) is -0.218. The molecule has 2 aromatic heterocycles. The summed E-state index contributed by atoms with van der Waals surface area (Å²) < 4.78 is 1.38. The fourth-order valence-corrected chi connectivity index (χ4v) is 3.77. The normalized spacial score (nSPS) is 11.0. The number of aromatic nitrogens is 3. The Labute approximate surface area is 206 Å². The van der Waals surface area contributed by atoms with Crippen molar-refractivity contribution in [2.75, 3.05) is 5.32 Å². The van der Waals surface area contributed by atoms with Crippen LogP contribution in [0.4, 0.5) is 17.2 Å². The third-order valence-corrected chi connectivity index (χ3v) is 5.49. The van der Waals surface area contributed by atoms with Crippen LogP contribution in [0, 0.1) is 18.3 Å². The Bertz CT molecular complexity index is 1670. The van der Waals surface area contributed by atoms with Crippen LogP contribution in [-0.2, 0) is 0 Å². The minimum absolute atomic E-state index is 0.0443. The highest BCUT2D eigenvalue weighted by Gasteiger charge is 2.19. The van der Waals surface area contributed by atoms with Crippen molar-refractivity contribution < 1.29 is 9.90 Å². The van der Waals surface area contributed by atoms with E-state index in [0.29, 0.717) is 22.3 Å². The first-order chi connectivity index (χ1) is 17.5. The molecule has 0 saturated carbocycles. The SMILES string of the molecule is Cc1cccc(NC(=O)c2cc3ccccc3c(/N=N/c3c(C#N)cnn3-c3ccccn3)c2O)c1. The van der Waals surface area contributed by atoms with Crippen molar-refractivity contribution >= 4 is 33.9 Å². The zero-order chi connectivity index (χ0) is 25.1. The number of hydrogen-bond donors (Lipinski definition) is 2. The Kier molecular flexibility index (Phi) is 5.91. The Balaban J connectivity index is 1.61. The molecule has 36 heavy (non-hydrogen) atoms. The number of carbonyl (C=O) groups is 1. The van der Waals surface area contributed by atoms with Crippen molar-refractivity contribution in [3.8, 4) is 17.6 Å². The second kappa shape index (κ2) is 9.48. The van der Waals surface area contributed by atoms with Crippen LogP contribution in [0.2, 0.25) is 0 Å². The number of aryl methyl sites for hydroxylation is 1. The van der Waals surface area contributed by atoms with E-state index in [1.54, 1.807) is 48.7 Å². The molecule has 0 bridgehead atoms. The number of fused-ring (bicyclic) bond motifs is 1. The molecule has 0 aliphatic rings. The molecule has 0 aliphatic heterocycles. The largest absolute Gasteiger partial charge is 0.505 e. The number of nitrogens with zero attached hydrogens (tertiary/aromatic N) is 6. The van der Waals surface area contributed by atoms with E-state index in [2.05, 4.69) is 25.6 Å². The van der Waals surface area contributed by atoms with Crippen molar-refractivity contribution in [2.24, 2.45) is 10.2 Å². The van der Waals surface area contributed by atoms with E-state index in [-0.39, 0.29) is 28.4 Å². The van der Waals surface area contributed by atoms with Crippen molar-refractivity contribution in [1.29, 1.82) is 5.26 Å². The number of aromatic hydroxyl groups is 1. The lowest BCUT2D eigenvalue weighted by Gasteiger charge is -2.11. The molecule has 5 aromatic rings. The molecule has 0 radical (unpaired) electrons. The molecular formula is C27H19N7O2. The van der Waals surface area contributed by atoms with Crippen LogP contribution in [0.3, 0.4) is 0 Å². The Morgan fingerprint density at radius 3 is 2.67 bits per heavy atom. The van der Waals surface area contributed by atoms with Gasteiger partial charge >= 0.3 is 0 Å². The van der Waals surface area contributed by atoms with E-state index in [9.17, 15) is 15.2 Å². The van der Waals surface area contributed by atoms with Crippen LogP contribution in [-0.4, -0.2) is 25.8 Å². The number of anilines is 1. The van der Waals surface area contributed by atoms with Gasteiger partial charge in [0.2, 0.25) is 0 Å². The first-order valence-electron chi connectivity index (χ1n) is 11.0. The third-order valence-electron chi connectivity index (χ3n) is 5.49. The number of carbonyl (C=O) groups excluding carboxylic acids is 1. The number of amides is 1. The molecule has 1 amide bonds. The van der Waals surface area contributed by atoms with Gasteiger partial charge in [0.15, 0.2) is 17.4 Å². The van der Waals surface area contributed by atoms with Gasteiger partial charge in [-0.2, -0.15) is 15.0 Å². The van der Waals surface area contributed by atoms with Gasteiger partial charge in [0.1, 0.15) is 17.3 Å². The van der Waals surface area contributed by atoms with Gasteiger partial charge in [-0.15, -0.1) is 10.2 Å². The molecule has 9 nitrogen and oxygen atoms in total. The topological polar surface area (TPSA) is 129 Å². The highest BCUT2D eigenvalue weighted by Crippen LogP contribution is 2.40. The summed E-state index contributed by atoms with van der Waals surface area (Å²) in [5, 5.41) is 37.5. The van der Waals surface area contributed by atoms with E-state index in [4.69, 9.17) is 0 Å². The smallest absolute Gasteiger partial charge is 0.259 e. The molecular weight excluding hydrogens is 454 g/mol. The Morgan fingerprint density at radius 1 is 1.06 bits per heavy atom. The summed E-state index contributed by atoms with van der Waals surface area (Å²) in [5.41, 5.74) is 1.92. The molecule has 0 spiro atoms. The molecule has 3 aromatic carbocycles. The molecule has 2 heterocycles. The first-order valence-corrected chi connectivity index (χ1v) is 11.0. The predicted octanol–water partition coefficient (Wildman–Crippen LogP) is 5.97. The number of phenols is 1. The van der Waals surface area contributed by atoms with E-state index in [0.717, 1.165) is 5.56 Å². The summed E-state index contributed by atoms with van der Waals surface area (Å²) in [6.07, 6.45) is 2.96. The van der Waals surface area contributed by atoms with Crippen molar-refractivity contribution in [3.05, 3.63) is 102 Å². The minimum atomic E-state index is -0.489. The van der Waals surface area contributed by atoms with Gasteiger partial charge in [0.05, 0.1) is 11.8 Å². The fourth-order valence-electron chi connectivity index (χ4n) is 3.77. The number of azo groups is 1. The van der Waals surface area contributed by atoms with Crippen LogP contribution in [0.5, 0.6) is 5.75 Å². The standard InChI is InChI=1S/C27H19N7O2/c1-17-7-6-9-20(13-17)31-27(36)22-14-18-8-2-3-10-21(18)24(25(22)35)32-33-26-19(15-28)16-30-34(26)23-11-4-5-12-29-23/h2-14,16,35H,1H3,(H,31,36)/b33-32+. The first kappa shape index (κ1) is 22.4. The van der Waals surface area contributed by atoms with Crippen LogP contribution in [0.25, 0.3) is 16.6 Å². The molecule has 0 fully saturated rings. The quantitative estimate of drug-likeness (QED) is 0.304. The summed E-state index contributed by atoms with van der Waals surface area (Å²) in [6.45, 7) is 1.92. The number of benzene rings is 3. The molecule has 2 N–H and O–H groups in total. The number of hydrogen-bond acceptors (Lipinski definition) is 7. The minimum Gasteiger partial charge on any atom is -0.505 e. The van der Waals surface area contributed by atoms with Gasteiger partial charge in [-0.3, -0.25) is 4.79 Å². The number of nitriles is 1. The summed E-state index contributed by atoms with van der Waals surface area (Å²) in [4.78, 5) is 17.4. The van der Waals surface area contributed by atoms with Crippen LogP contribution < -0.4 is 5.32 Å². The average Bonchev–Trinajstić information content (AvgIpc) is 3.31. The molecule has 174 valence electrons. The van der Waals surface area contributed by atoms with Gasteiger partial charge in [-0.25, -0.2) is 4.98 Å². The zero-order valence-electron chi connectivity index (χ0n) is 19.1. The maximum absolute atomic E-state index is 13.1. The Hall–Kier alpha value is -5.36. The lowest BCUT2D eigenvalue weighted by Crippen LogP contribution is -2.12. The van der Waals surface area contributed by atoms with Crippen molar-refractivity contribution in [2.45, 2.75) is 6.92 Å². The number of pyridine rings is 1. The highest BCUT2D eigenvalue weighted by molar-refractivity contribution is 6.11. The fraction of sp³-hybridized carbons (Fsp3) is 0.0370. The van der Waals surface area contributed by atoms with Crippen LogP contribution in [0.15, 0.2) is 95.4 Å². The highest BCUT2D eigenvalue weighted by atomic mass is 16.3. The number of phenolic OH excluding ortho intramolecular Hbond substituents is 1.